The van der Waals surface area contributed by atoms with E-state index in [1.54, 1.807) is 31.2 Å². The third-order valence-electron chi connectivity index (χ3n) is 7.06. The Kier molecular flexibility index (Phi) is 11.1. The lowest BCUT2D eigenvalue weighted by molar-refractivity contribution is -0.145. The molecule has 0 spiro atoms. The zero-order valence-corrected chi connectivity index (χ0v) is 24.4. The first-order valence-corrected chi connectivity index (χ1v) is 14.4. The molecule has 2 aliphatic rings. The zero-order valence-electron chi connectivity index (χ0n) is 24.4. The lowest BCUT2D eigenvalue weighted by Crippen LogP contribution is -2.16. The minimum Gasteiger partial charge on any atom is -0.507 e. The first kappa shape index (κ1) is 32.5. The van der Waals surface area contributed by atoms with Gasteiger partial charge in [-0.25, -0.2) is 4.79 Å². The highest BCUT2D eigenvalue weighted by atomic mass is 16.6. The van der Waals surface area contributed by atoms with Gasteiger partial charge in [0, 0.05) is 36.8 Å². The van der Waals surface area contributed by atoms with Crippen LogP contribution in [-0.4, -0.2) is 47.3 Å². The van der Waals surface area contributed by atoms with E-state index in [4.69, 9.17) is 9.47 Å². The number of carbonyl (C=O) groups is 3. The van der Waals surface area contributed by atoms with Crippen molar-refractivity contribution in [2.75, 3.05) is 13.2 Å². The van der Waals surface area contributed by atoms with Gasteiger partial charge in [-0.15, -0.1) is 0 Å². The summed E-state index contributed by atoms with van der Waals surface area (Å²) in [6.45, 7) is 1.87. The van der Waals surface area contributed by atoms with Gasteiger partial charge in [-0.05, 0) is 54.4 Å². The van der Waals surface area contributed by atoms with E-state index in [1.807, 2.05) is 72.8 Å². The van der Waals surface area contributed by atoms with Gasteiger partial charge in [0.2, 0.25) is 0 Å². The Morgan fingerprint density at radius 1 is 0.689 bits per heavy atom. The van der Waals surface area contributed by atoms with E-state index in [1.165, 1.54) is 0 Å². The molecule has 8 heteroatoms. The van der Waals surface area contributed by atoms with Crippen LogP contribution in [0.4, 0.5) is 11.4 Å². The normalized spacial score (nSPS) is 13.6. The van der Waals surface area contributed by atoms with E-state index in [2.05, 4.69) is 9.98 Å². The largest absolute Gasteiger partial charge is 0.507 e. The Morgan fingerprint density at radius 2 is 1.18 bits per heavy atom. The molecule has 0 aliphatic carbocycles. The van der Waals surface area contributed by atoms with Crippen molar-refractivity contribution in [1.82, 2.24) is 0 Å². The average molecular weight is 605 g/mol. The van der Waals surface area contributed by atoms with E-state index in [0.717, 1.165) is 28.1 Å². The van der Waals surface area contributed by atoms with Crippen LogP contribution in [0, 0.1) is 0 Å². The molecule has 0 saturated heterocycles. The molecule has 0 amide bonds. The molecule has 0 bridgehead atoms. The van der Waals surface area contributed by atoms with Crippen molar-refractivity contribution < 1.29 is 29.0 Å². The molecule has 0 atom stereocenters. The molecule has 0 aromatic heterocycles. The van der Waals surface area contributed by atoms with Crippen molar-refractivity contribution in [1.29, 1.82) is 0 Å². The second-order valence-electron chi connectivity index (χ2n) is 10.3. The highest BCUT2D eigenvalue weighted by molar-refractivity contribution is 6.15. The van der Waals surface area contributed by atoms with Crippen LogP contribution >= 0.6 is 0 Å². The molecular weight excluding hydrogens is 568 g/mol. The molecule has 1 N–H and O–H groups in total. The Bertz CT molecular complexity index is 1760. The number of rotatable bonds is 6. The lowest BCUT2D eigenvalue weighted by atomic mass is 10.0. The van der Waals surface area contributed by atoms with Gasteiger partial charge in [0.15, 0.2) is 6.61 Å². The van der Waals surface area contributed by atoms with Crippen LogP contribution in [0.5, 0.6) is 11.5 Å². The predicted molar refractivity (Wildman–Crippen MR) is 175 cm³/mol. The summed E-state index contributed by atoms with van der Waals surface area (Å²) in [5.74, 6) is 0.465. The molecule has 0 fully saturated rings. The van der Waals surface area contributed by atoms with Gasteiger partial charge in [-0.1, -0.05) is 68.1 Å². The van der Waals surface area contributed by atoms with Gasteiger partial charge in [0.05, 0.1) is 29.4 Å². The zero-order chi connectivity index (χ0) is 30.9. The van der Waals surface area contributed by atoms with Crippen LogP contribution in [0.3, 0.4) is 0 Å². The van der Waals surface area contributed by atoms with Gasteiger partial charge < -0.3 is 14.6 Å². The van der Waals surface area contributed by atoms with Crippen LogP contribution in [-0.2, 0) is 32.0 Å². The minimum atomic E-state index is -0.429. The van der Waals surface area contributed by atoms with Crippen LogP contribution in [0.25, 0.3) is 0 Å². The summed E-state index contributed by atoms with van der Waals surface area (Å²) in [6.07, 6.45) is 1.26. The first-order valence-electron chi connectivity index (χ1n) is 14.4. The number of hydrogen-bond donors (Lipinski definition) is 1. The van der Waals surface area contributed by atoms with Gasteiger partial charge in [0.25, 0.3) is 0 Å². The summed E-state index contributed by atoms with van der Waals surface area (Å²) in [5.41, 5.74) is 6.10. The molecule has 6 rings (SSSR count). The number of carbonyl (C=O) groups excluding carboxylic acids is 3. The van der Waals surface area contributed by atoms with E-state index < -0.39 is 5.97 Å². The van der Waals surface area contributed by atoms with Crippen LogP contribution in [0.15, 0.2) is 107 Å². The molecule has 8 nitrogen and oxygen atoms in total. The Morgan fingerprint density at radius 3 is 1.76 bits per heavy atom. The molecule has 4 aromatic rings. The molecule has 4 aromatic carbocycles. The van der Waals surface area contributed by atoms with Crippen molar-refractivity contribution in [3.05, 3.63) is 119 Å². The predicted octanol–water partition coefficient (Wildman–Crippen LogP) is 6.93. The van der Waals surface area contributed by atoms with Crippen LogP contribution < -0.4 is 4.74 Å². The third kappa shape index (κ3) is 8.38. The average Bonchev–Trinajstić information content (AvgIpc) is 3.30. The fourth-order valence-corrected chi connectivity index (χ4v) is 5.03. The summed E-state index contributed by atoms with van der Waals surface area (Å²) in [6, 6.07) is 29.5. The SMILES string of the molecule is C.CCOC(=O)COc1ccccc1C1=Nc2ccccc2CC(=O)C1.O=C1CC(c2ccccc2O)=Nc2ccccc2C1. The number of aliphatic imine (C=N–C) groups is 2. The third-order valence-corrected chi connectivity index (χ3v) is 7.06. The molecule has 230 valence electrons. The molecule has 0 saturated carbocycles. The van der Waals surface area contributed by atoms with Crippen molar-refractivity contribution in [3.63, 3.8) is 0 Å². The number of esters is 1. The van der Waals surface area contributed by atoms with Crippen molar-refractivity contribution >= 4 is 40.3 Å². The highest BCUT2D eigenvalue weighted by Gasteiger charge is 2.21. The standard InChI is InChI=1S/C20H19NO4.C16H13NO2.CH4/c1-2-24-20(23)13-25-19-10-6-4-8-16(19)18-12-15(22)11-14-7-3-5-9-17(14)21-18;18-12-9-11-5-1-3-7-14(11)17-15(10-12)13-6-2-4-8-16(13)19;/h3-10H,2,11-13H2,1H3;1-8,19H,9-10H2;1H4. The van der Waals surface area contributed by atoms with Crippen molar-refractivity contribution in [3.8, 4) is 11.5 Å². The maximum absolute atomic E-state index is 12.3. The molecule has 0 radical (unpaired) electrons. The van der Waals surface area contributed by atoms with Gasteiger partial charge in [0.1, 0.15) is 23.1 Å². The number of benzene rings is 4. The van der Waals surface area contributed by atoms with Gasteiger partial charge in [-0.2, -0.15) is 0 Å². The maximum atomic E-state index is 12.3. The minimum absolute atomic E-state index is 0. The number of nitrogens with zero attached hydrogens (tertiary/aromatic N) is 2. The van der Waals surface area contributed by atoms with Crippen molar-refractivity contribution in [2.45, 2.75) is 40.0 Å². The highest BCUT2D eigenvalue weighted by Crippen LogP contribution is 2.30. The molecule has 2 aliphatic heterocycles. The number of phenols is 1. The molecule has 0 unspecified atom stereocenters. The van der Waals surface area contributed by atoms with Gasteiger partial charge in [-0.3, -0.25) is 19.6 Å². The van der Waals surface area contributed by atoms with E-state index >= 15 is 0 Å². The van der Waals surface area contributed by atoms with Crippen molar-refractivity contribution in [2.24, 2.45) is 9.98 Å². The fourth-order valence-electron chi connectivity index (χ4n) is 5.03. The topological polar surface area (TPSA) is 115 Å². The number of aromatic hydroxyl groups is 1. The smallest absolute Gasteiger partial charge is 0.344 e. The van der Waals surface area contributed by atoms with E-state index in [-0.39, 0.29) is 44.2 Å². The maximum Gasteiger partial charge on any atom is 0.344 e. The number of fused-ring (bicyclic) bond motifs is 2. The summed E-state index contributed by atoms with van der Waals surface area (Å²) in [4.78, 5) is 45.1. The number of hydrogen-bond acceptors (Lipinski definition) is 8. The summed E-state index contributed by atoms with van der Waals surface area (Å²) in [7, 11) is 0. The fraction of sp³-hybridized carbons (Fsp3) is 0.216. The summed E-state index contributed by atoms with van der Waals surface area (Å²) < 4.78 is 10.5. The van der Waals surface area contributed by atoms with Gasteiger partial charge >= 0.3 is 5.97 Å². The van der Waals surface area contributed by atoms with E-state index in [9.17, 15) is 19.5 Å². The number of ketones is 2. The molecular formula is C37H36N2O6. The molecule has 45 heavy (non-hydrogen) atoms. The Balaban J connectivity index is 0.000000207. The summed E-state index contributed by atoms with van der Waals surface area (Å²) >= 11 is 0. The number of Topliss-reactive ketones (excluding diaryl/α,β-unsaturated/α-hetero) is 2. The monoisotopic (exact) mass is 604 g/mol. The van der Waals surface area contributed by atoms with E-state index in [0.29, 0.717) is 42.2 Å². The summed E-state index contributed by atoms with van der Waals surface area (Å²) in [5, 5.41) is 9.90. The lowest BCUT2D eigenvalue weighted by Gasteiger charge is -2.12. The van der Waals surface area contributed by atoms with Crippen LogP contribution in [0.1, 0.15) is 49.4 Å². The first-order chi connectivity index (χ1) is 21.4. The Labute approximate surface area is 263 Å². The molecule has 2 heterocycles. The second-order valence-corrected chi connectivity index (χ2v) is 10.3. The number of ether oxygens (including phenoxy) is 2. The second kappa shape index (κ2) is 15.4. The Hall–Kier alpha value is -5.37. The number of para-hydroxylation sites is 4. The number of phenolic OH excluding ortho intramolecular Hbond substituents is 1. The quantitative estimate of drug-likeness (QED) is 0.239. The van der Waals surface area contributed by atoms with Crippen LogP contribution in [0.2, 0.25) is 0 Å².